The second-order valence-electron chi connectivity index (χ2n) is 5.72. The van der Waals surface area contributed by atoms with Crippen molar-refractivity contribution in [3.63, 3.8) is 0 Å². The maximum atomic E-state index is 13.4. The van der Waals surface area contributed by atoms with Crippen molar-refractivity contribution in [3.05, 3.63) is 35.4 Å². The summed E-state index contributed by atoms with van der Waals surface area (Å²) in [5, 5.41) is 9.34. The molecule has 0 aliphatic heterocycles. The molecule has 1 fully saturated rings. The topological polar surface area (TPSA) is 37.3 Å². The highest BCUT2D eigenvalue weighted by Gasteiger charge is 2.35. The van der Waals surface area contributed by atoms with E-state index < -0.39 is 23.5 Å². The van der Waals surface area contributed by atoms with Crippen LogP contribution in [0.3, 0.4) is 0 Å². The van der Waals surface area contributed by atoms with E-state index in [0.29, 0.717) is 24.3 Å². The maximum absolute atomic E-state index is 13.4. The third-order valence-electron chi connectivity index (χ3n) is 4.29. The molecule has 20 heavy (non-hydrogen) atoms. The van der Waals surface area contributed by atoms with E-state index in [4.69, 9.17) is 0 Å². The summed E-state index contributed by atoms with van der Waals surface area (Å²) in [5.74, 6) is -2.52. The Morgan fingerprint density at radius 3 is 2.45 bits per heavy atom. The maximum Gasteiger partial charge on any atom is 0.307 e. The fourth-order valence-electron chi connectivity index (χ4n) is 3.38. The van der Waals surface area contributed by atoms with Gasteiger partial charge in [-0.15, -0.1) is 0 Å². The highest BCUT2D eigenvalue weighted by molar-refractivity contribution is 5.71. The van der Waals surface area contributed by atoms with Gasteiger partial charge in [-0.2, -0.15) is 0 Å². The van der Waals surface area contributed by atoms with Crippen molar-refractivity contribution in [2.24, 2.45) is 11.8 Å². The third-order valence-corrected chi connectivity index (χ3v) is 4.29. The molecule has 0 bridgehead atoms. The molecule has 110 valence electrons. The summed E-state index contributed by atoms with van der Waals surface area (Å²) in [5.41, 5.74) is 0.482. The van der Waals surface area contributed by atoms with Gasteiger partial charge >= 0.3 is 5.97 Å². The van der Waals surface area contributed by atoms with Gasteiger partial charge in [-0.25, -0.2) is 8.78 Å². The van der Waals surface area contributed by atoms with Gasteiger partial charge in [-0.1, -0.05) is 19.8 Å². The van der Waals surface area contributed by atoms with E-state index >= 15 is 0 Å². The number of rotatable bonds is 4. The van der Waals surface area contributed by atoms with Gasteiger partial charge in [-0.05, 0) is 48.8 Å². The standard InChI is InChI=1S/C16H20F2O2/c1-2-3-10-4-5-14(16(19)20)15(6-10)11-7-12(17)9-13(18)8-11/h7-10,14-15H,2-6H2,1H3,(H,19,20). The molecule has 0 radical (unpaired) electrons. The van der Waals surface area contributed by atoms with Crippen molar-refractivity contribution in [2.75, 3.05) is 0 Å². The molecule has 4 heteroatoms. The van der Waals surface area contributed by atoms with E-state index in [9.17, 15) is 18.7 Å². The second kappa shape index (κ2) is 6.33. The normalized spacial score (nSPS) is 26.4. The van der Waals surface area contributed by atoms with Gasteiger partial charge in [0.05, 0.1) is 5.92 Å². The summed E-state index contributed by atoms with van der Waals surface area (Å²) < 4.78 is 26.7. The van der Waals surface area contributed by atoms with Gasteiger partial charge < -0.3 is 5.11 Å². The van der Waals surface area contributed by atoms with Crippen LogP contribution in [0.1, 0.15) is 50.5 Å². The fourth-order valence-corrected chi connectivity index (χ4v) is 3.38. The van der Waals surface area contributed by atoms with E-state index in [2.05, 4.69) is 6.92 Å². The van der Waals surface area contributed by atoms with Crippen LogP contribution in [0.25, 0.3) is 0 Å². The number of aliphatic carboxylic acids is 1. The zero-order valence-corrected chi connectivity index (χ0v) is 11.6. The van der Waals surface area contributed by atoms with Gasteiger partial charge in [0.15, 0.2) is 0 Å². The first-order valence-electron chi connectivity index (χ1n) is 7.20. The van der Waals surface area contributed by atoms with E-state index in [1.807, 2.05) is 0 Å². The first kappa shape index (κ1) is 14.9. The molecule has 0 heterocycles. The molecule has 1 aromatic carbocycles. The van der Waals surface area contributed by atoms with Crippen LogP contribution in [0.4, 0.5) is 8.78 Å². The van der Waals surface area contributed by atoms with Gasteiger partial charge in [0.25, 0.3) is 0 Å². The van der Waals surface area contributed by atoms with E-state index in [-0.39, 0.29) is 5.92 Å². The Bertz CT molecular complexity index is 467. The zero-order chi connectivity index (χ0) is 14.7. The number of carboxylic acids is 1. The summed E-state index contributed by atoms with van der Waals surface area (Å²) in [6.07, 6.45) is 4.27. The lowest BCUT2D eigenvalue weighted by Crippen LogP contribution is -2.29. The largest absolute Gasteiger partial charge is 0.481 e. The monoisotopic (exact) mass is 282 g/mol. The second-order valence-corrected chi connectivity index (χ2v) is 5.72. The van der Waals surface area contributed by atoms with E-state index in [1.54, 1.807) is 0 Å². The highest BCUT2D eigenvalue weighted by Crippen LogP contribution is 2.42. The van der Waals surface area contributed by atoms with Gasteiger partial charge in [0.2, 0.25) is 0 Å². The molecule has 0 saturated heterocycles. The van der Waals surface area contributed by atoms with Crippen LogP contribution >= 0.6 is 0 Å². The molecule has 1 N–H and O–H groups in total. The molecule has 1 aliphatic rings. The molecule has 1 saturated carbocycles. The molecular weight excluding hydrogens is 262 g/mol. The van der Waals surface area contributed by atoms with Crippen molar-refractivity contribution in [2.45, 2.75) is 44.9 Å². The predicted molar refractivity (Wildman–Crippen MR) is 72.5 cm³/mol. The van der Waals surface area contributed by atoms with Crippen LogP contribution in [0.5, 0.6) is 0 Å². The molecule has 1 aliphatic carbocycles. The number of hydrogen-bond acceptors (Lipinski definition) is 1. The molecule has 0 spiro atoms. The molecule has 0 amide bonds. The van der Waals surface area contributed by atoms with Crippen molar-refractivity contribution in [1.82, 2.24) is 0 Å². The van der Waals surface area contributed by atoms with Crippen molar-refractivity contribution in [1.29, 1.82) is 0 Å². The Kier molecular flexibility index (Phi) is 4.73. The Hall–Kier alpha value is -1.45. The zero-order valence-electron chi connectivity index (χ0n) is 11.6. The average Bonchev–Trinajstić information content (AvgIpc) is 2.37. The predicted octanol–water partition coefficient (Wildman–Crippen LogP) is 4.35. The van der Waals surface area contributed by atoms with Crippen molar-refractivity contribution >= 4 is 5.97 Å². The van der Waals surface area contributed by atoms with Crippen LogP contribution in [-0.4, -0.2) is 11.1 Å². The number of carbonyl (C=O) groups is 1. The number of hydrogen-bond donors (Lipinski definition) is 1. The smallest absolute Gasteiger partial charge is 0.307 e. The molecule has 0 aromatic heterocycles. The number of halogens is 2. The van der Waals surface area contributed by atoms with Crippen LogP contribution in [0.15, 0.2) is 18.2 Å². The minimum Gasteiger partial charge on any atom is -0.481 e. The summed E-state index contributed by atoms with van der Waals surface area (Å²) in [6, 6.07) is 3.38. The summed E-state index contributed by atoms with van der Waals surface area (Å²) >= 11 is 0. The Morgan fingerprint density at radius 2 is 1.90 bits per heavy atom. The molecule has 2 nitrogen and oxygen atoms in total. The summed E-state index contributed by atoms with van der Waals surface area (Å²) in [7, 11) is 0. The summed E-state index contributed by atoms with van der Waals surface area (Å²) in [4.78, 5) is 11.4. The molecule has 2 rings (SSSR count). The van der Waals surface area contributed by atoms with Gasteiger partial charge in [0.1, 0.15) is 11.6 Å². The molecule has 3 unspecified atom stereocenters. The summed E-state index contributed by atoms with van der Waals surface area (Å²) in [6.45, 7) is 2.10. The lowest BCUT2D eigenvalue weighted by Gasteiger charge is -2.34. The van der Waals surface area contributed by atoms with Crippen LogP contribution < -0.4 is 0 Å². The number of benzene rings is 1. The SMILES string of the molecule is CCCC1CCC(C(=O)O)C(c2cc(F)cc(F)c2)C1. The fraction of sp³-hybridized carbons (Fsp3) is 0.562. The molecular formula is C16H20F2O2. The van der Waals surface area contributed by atoms with Gasteiger partial charge in [-0.3, -0.25) is 4.79 Å². The quantitative estimate of drug-likeness (QED) is 0.891. The van der Waals surface area contributed by atoms with Crippen LogP contribution in [0, 0.1) is 23.5 Å². The van der Waals surface area contributed by atoms with Crippen molar-refractivity contribution in [3.8, 4) is 0 Å². The van der Waals surface area contributed by atoms with E-state index in [1.165, 1.54) is 12.1 Å². The van der Waals surface area contributed by atoms with Crippen molar-refractivity contribution < 1.29 is 18.7 Å². The first-order valence-corrected chi connectivity index (χ1v) is 7.20. The van der Waals surface area contributed by atoms with Crippen LogP contribution in [0.2, 0.25) is 0 Å². The van der Waals surface area contributed by atoms with Crippen LogP contribution in [-0.2, 0) is 4.79 Å². The Labute approximate surface area is 117 Å². The first-order chi connectivity index (χ1) is 9.51. The Morgan fingerprint density at radius 1 is 1.25 bits per heavy atom. The molecule has 1 aromatic rings. The Balaban J connectivity index is 2.28. The highest BCUT2D eigenvalue weighted by atomic mass is 19.1. The third kappa shape index (κ3) is 3.35. The lowest BCUT2D eigenvalue weighted by molar-refractivity contribution is -0.143. The minimum atomic E-state index is -0.866. The lowest BCUT2D eigenvalue weighted by atomic mass is 9.70. The molecule has 3 atom stereocenters. The minimum absolute atomic E-state index is 0.289. The number of carboxylic acid groups (broad SMARTS) is 1. The van der Waals surface area contributed by atoms with Gasteiger partial charge in [0, 0.05) is 6.07 Å². The average molecular weight is 282 g/mol. The van der Waals surface area contributed by atoms with E-state index in [0.717, 1.165) is 25.3 Å².